The number of nitrogens with one attached hydrogen (secondary N) is 1. The van der Waals surface area contributed by atoms with E-state index in [0.29, 0.717) is 0 Å². The standard InChI is InChI=1S/C20H18ClF6N3O3/c21-17-5-4-14(9-28-17)29-18(31)33-16(20(25,26)27)11-30-6-7-32-15(10-30)12-2-1-3-13(8-12)19(22,23)24/h1-5,8-9,15-16H,6-7,10-11H2,(H,29,31). The van der Waals surface area contributed by atoms with Gasteiger partial charge in [-0.15, -0.1) is 0 Å². The molecule has 0 radical (unpaired) electrons. The number of amides is 1. The van der Waals surface area contributed by atoms with E-state index in [1.807, 2.05) is 0 Å². The van der Waals surface area contributed by atoms with E-state index >= 15 is 0 Å². The Morgan fingerprint density at radius 1 is 1.24 bits per heavy atom. The third kappa shape index (κ3) is 7.21. The Morgan fingerprint density at radius 3 is 2.64 bits per heavy atom. The number of alkyl halides is 6. The molecule has 0 saturated carbocycles. The summed E-state index contributed by atoms with van der Waals surface area (Å²) in [6, 6.07) is 7.08. The van der Waals surface area contributed by atoms with Crippen LogP contribution in [0, 0.1) is 0 Å². The van der Waals surface area contributed by atoms with E-state index in [1.165, 1.54) is 29.2 Å². The molecule has 2 aromatic rings. The van der Waals surface area contributed by atoms with Crippen LogP contribution < -0.4 is 5.32 Å². The minimum atomic E-state index is -4.88. The molecule has 1 aromatic heterocycles. The molecule has 0 spiro atoms. The van der Waals surface area contributed by atoms with Crippen molar-refractivity contribution in [2.45, 2.75) is 24.6 Å². The fraction of sp³-hybridized carbons (Fsp3) is 0.400. The van der Waals surface area contributed by atoms with Gasteiger partial charge in [-0.3, -0.25) is 10.2 Å². The average Bonchev–Trinajstić information content (AvgIpc) is 2.74. The van der Waals surface area contributed by atoms with Gasteiger partial charge in [-0.05, 0) is 29.8 Å². The Labute approximate surface area is 189 Å². The predicted octanol–water partition coefficient (Wildman–Crippen LogP) is 5.31. The van der Waals surface area contributed by atoms with E-state index in [2.05, 4.69) is 15.0 Å². The molecule has 0 aliphatic carbocycles. The lowest BCUT2D eigenvalue weighted by Gasteiger charge is -2.35. The first-order valence-electron chi connectivity index (χ1n) is 9.59. The summed E-state index contributed by atoms with van der Waals surface area (Å²) in [7, 11) is 0. The largest absolute Gasteiger partial charge is 0.435 e. The molecule has 13 heteroatoms. The fourth-order valence-corrected chi connectivity index (χ4v) is 3.27. The Bertz CT molecular complexity index is 955. The van der Waals surface area contributed by atoms with Gasteiger partial charge < -0.3 is 9.47 Å². The van der Waals surface area contributed by atoms with Crippen molar-refractivity contribution < 1.29 is 40.6 Å². The van der Waals surface area contributed by atoms with Gasteiger partial charge in [0.1, 0.15) is 5.15 Å². The van der Waals surface area contributed by atoms with E-state index in [4.69, 9.17) is 16.3 Å². The van der Waals surface area contributed by atoms with E-state index < -0.39 is 42.8 Å². The molecule has 3 rings (SSSR count). The molecule has 180 valence electrons. The van der Waals surface area contributed by atoms with Crippen LogP contribution in [0.3, 0.4) is 0 Å². The number of anilines is 1. The summed E-state index contributed by atoms with van der Waals surface area (Å²) in [5.74, 6) is 0. The molecule has 1 aromatic carbocycles. The van der Waals surface area contributed by atoms with Gasteiger partial charge >= 0.3 is 18.4 Å². The highest BCUT2D eigenvalue weighted by Crippen LogP contribution is 2.33. The molecular formula is C20H18ClF6N3O3. The first-order chi connectivity index (χ1) is 15.4. The SMILES string of the molecule is O=C(Nc1ccc(Cl)nc1)OC(CN1CCOC(c2cccc(C(F)(F)F)c2)C1)C(F)(F)F. The Kier molecular flexibility index (Phi) is 7.70. The van der Waals surface area contributed by atoms with Gasteiger partial charge in [0.2, 0.25) is 6.10 Å². The van der Waals surface area contributed by atoms with Gasteiger partial charge in [0.05, 0.1) is 30.2 Å². The number of carbonyl (C=O) groups is 1. The number of aromatic nitrogens is 1. The maximum absolute atomic E-state index is 13.5. The molecule has 2 heterocycles. The Morgan fingerprint density at radius 2 is 2.00 bits per heavy atom. The molecule has 2 atom stereocenters. The number of benzene rings is 1. The minimum absolute atomic E-state index is 0.00582. The molecule has 1 N–H and O–H groups in total. The second-order valence-electron chi connectivity index (χ2n) is 7.17. The van der Waals surface area contributed by atoms with E-state index in [1.54, 1.807) is 0 Å². The zero-order chi connectivity index (χ0) is 24.2. The Hall–Kier alpha value is -2.57. The summed E-state index contributed by atoms with van der Waals surface area (Å²) in [4.78, 5) is 17.0. The van der Waals surface area contributed by atoms with Crippen LogP contribution in [0.4, 0.5) is 36.8 Å². The quantitative estimate of drug-likeness (QED) is 0.448. The van der Waals surface area contributed by atoms with Crippen LogP contribution >= 0.6 is 11.6 Å². The van der Waals surface area contributed by atoms with Crippen molar-refractivity contribution >= 4 is 23.4 Å². The normalized spacial score (nSPS) is 18.6. The van der Waals surface area contributed by atoms with Crippen molar-refractivity contribution in [2.24, 2.45) is 0 Å². The van der Waals surface area contributed by atoms with Gasteiger partial charge in [0.15, 0.2) is 0 Å². The van der Waals surface area contributed by atoms with Gasteiger partial charge in [-0.25, -0.2) is 9.78 Å². The summed E-state index contributed by atoms with van der Waals surface area (Å²) in [6.45, 7) is -0.753. The highest BCUT2D eigenvalue weighted by molar-refractivity contribution is 6.29. The van der Waals surface area contributed by atoms with Crippen molar-refractivity contribution in [3.63, 3.8) is 0 Å². The monoisotopic (exact) mass is 497 g/mol. The maximum Gasteiger partial charge on any atom is 0.426 e. The molecule has 6 nitrogen and oxygen atoms in total. The molecule has 2 unspecified atom stereocenters. The van der Waals surface area contributed by atoms with E-state index in [-0.39, 0.29) is 36.1 Å². The number of halogens is 7. The molecule has 1 aliphatic heterocycles. The molecule has 1 fully saturated rings. The van der Waals surface area contributed by atoms with Crippen molar-refractivity contribution in [1.82, 2.24) is 9.88 Å². The van der Waals surface area contributed by atoms with Crippen LogP contribution in [0.2, 0.25) is 5.15 Å². The number of nitrogens with zero attached hydrogens (tertiary/aromatic N) is 2. The van der Waals surface area contributed by atoms with Crippen LogP contribution in [0.25, 0.3) is 0 Å². The number of morpholine rings is 1. The van der Waals surface area contributed by atoms with Crippen LogP contribution in [-0.2, 0) is 15.7 Å². The summed E-state index contributed by atoms with van der Waals surface area (Å²) in [5, 5.41) is 2.26. The lowest BCUT2D eigenvalue weighted by molar-refractivity contribution is -0.209. The first-order valence-corrected chi connectivity index (χ1v) is 9.96. The van der Waals surface area contributed by atoms with Crippen LogP contribution in [-0.4, -0.2) is 54.5 Å². The molecular weight excluding hydrogens is 480 g/mol. The van der Waals surface area contributed by atoms with Gasteiger partial charge in [0.25, 0.3) is 0 Å². The smallest absolute Gasteiger partial charge is 0.426 e. The van der Waals surface area contributed by atoms with Crippen molar-refractivity contribution in [2.75, 3.05) is 31.6 Å². The van der Waals surface area contributed by atoms with Crippen molar-refractivity contribution in [3.8, 4) is 0 Å². The van der Waals surface area contributed by atoms with E-state index in [0.717, 1.165) is 18.3 Å². The topological polar surface area (TPSA) is 63.7 Å². The van der Waals surface area contributed by atoms with Crippen LogP contribution in [0.15, 0.2) is 42.6 Å². The highest BCUT2D eigenvalue weighted by atomic mass is 35.5. The number of carbonyl (C=O) groups excluding carboxylic acids is 1. The summed E-state index contributed by atoms with van der Waals surface area (Å²) < 4.78 is 89.5. The number of pyridine rings is 1. The molecule has 1 amide bonds. The first kappa shape index (κ1) is 25.1. The molecule has 1 saturated heterocycles. The van der Waals surface area contributed by atoms with Gasteiger partial charge in [-0.2, -0.15) is 26.3 Å². The second-order valence-corrected chi connectivity index (χ2v) is 7.56. The Balaban J connectivity index is 1.65. The second kappa shape index (κ2) is 10.1. The third-order valence-electron chi connectivity index (χ3n) is 4.75. The maximum atomic E-state index is 13.5. The summed E-state index contributed by atoms with van der Waals surface area (Å²) in [5.41, 5.74) is -0.612. The lowest BCUT2D eigenvalue weighted by atomic mass is 10.0. The zero-order valence-corrected chi connectivity index (χ0v) is 17.5. The third-order valence-corrected chi connectivity index (χ3v) is 4.97. The summed E-state index contributed by atoms with van der Waals surface area (Å²) >= 11 is 5.61. The number of hydrogen-bond acceptors (Lipinski definition) is 5. The van der Waals surface area contributed by atoms with Gasteiger partial charge in [-0.1, -0.05) is 23.7 Å². The van der Waals surface area contributed by atoms with E-state index in [9.17, 15) is 31.1 Å². The molecule has 0 bridgehead atoms. The van der Waals surface area contributed by atoms with Crippen LogP contribution in [0.1, 0.15) is 17.2 Å². The molecule has 33 heavy (non-hydrogen) atoms. The summed E-state index contributed by atoms with van der Waals surface area (Å²) in [6.07, 6.45) is -13.0. The molecule has 1 aliphatic rings. The average molecular weight is 498 g/mol. The van der Waals surface area contributed by atoms with Crippen molar-refractivity contribution in [1.29, 1.82) is 0 Å². The predicted molar refractivity (Wildman–Crippen MR) is 106 cm³/mol. The van der Waals surface area contributed by atoms with Crippen molar-refractivity contribution in [3.05, 3.63) is 58.9 Å². The number of rotatable bonds is 5. The number of hydrogen-bond donors (Lipinski definition) is 1. The zero-order valence-electron chi connectivity index (χ0n) is 16.8. The lowest BCUT2D eigenvalue weighted by Crippen LogP contribution is -2.48. The fourth-order valence-electron chi connectivity index (χ4n) is 3.15. The minimum Gasteiger partial charge on any atom is -0.435 e. The highest BCUT2D eigenvalue weighted by Gasteiger charge is 2.44. The van der Waals surface area contributed by atoms with Gasteiger partial charge in [0, 0.05) is 19.6 Å². The number of ether oxygens (including phenoxy) is 2. The van der Waals surface area contributed by atoms with Crippen LogP contribution in [0.5, 0.6) is 0 Å².